The molecule has 4 heteroatoms. The molecule has 0 atom stereocenters. The number of carboxylic acids is 1. The number of carbonyl (C=O) groups is 1. The summed E-state index contributed by atoms with van der Waals surface area (Å²) in [7, 11) is 0. The molecule has 0 unspecified atom stereocenters. The smallest absolute Gasteiger partial charge is 0.309 e. The number of nitrogens with one attached hydrogen (secondary N) is 1. The van der Waals surface area contributed by atoms with E-state index in [-0.39, 0.29) is 0 Å². The van der Waals surface area contributed by atoms with E-state index in [1.54, 1.807) is 0 Å². The molecule has 3 nitrogen and oxygen atoms in total. The predicted molar refractivity (Wildman–Crippen MR) is 88.2 cm³/mol. The average molecular weight is 316 g/mol. The summed E-state index contributed by atoms with van der Waals surface area (Å²) < 4.78 is 0. The third kappa shape index (κ3) is 3.25. The molecule has 0 bridgehead atoms. The summed E-state index contributed by atoms with van der Waals surface area (Å²) in [6.45, 7) is 0.689. The van der Waals surface area contributed by atoms with Crippen LogP contribution in [0.3, 0.4) is 0 Å². The normalized spacial score (nSPS) is 15.3. The van der Waals surface area contributed by atoms with Gasteiger partial charge in [0.15, 0.2) is 0 Å². The van der Waals surface area contributed by atoms with E-state index < -0.39 is 11.4 Å². The maximum atomic E-state index is 11.3. The van der Waals surface area contributed by atoms with E-state index in [9.17, 15) is 9.90 Å². The molecule has 2 aromatic rings. The van der Waals surface area contributed by atoms with Crippen LogP contribution in [0.5, 0.6) is 0 Å². The van der Waals surface area contributed by atoms with Gasteiger partial charge in [0, 0.05) is 6.54 Å². The van der Waals surface area contributed by atoms with Crippen LogP contribution in [0.2, 0.25) is 5.02 Å². The number of aliphatic carboxylic acids is 1. The van der Waals surface area contributed by atoms with Crippen LogP contribution in [0.15, 0.2) is 48.5 Å². The summed E-state index contributed by atoms with van der Waals surface area (Å²) in [6.07, 6.45) is 2.09. The second-order valence-electron chi connectivity index (χ2n) is 5.92. The van der Waals surface area contributed by atoms with Gasteiger partial charge in [0.2, 0.25) is 0 Å². The zero-order valence-electron chi connectivity index (χ0n) is 12.2. The maximum Gasteiger partial charge on any atom is 0.309 e. The fourth-order valence-corrected chi connectivity index (χ4v) is 2.80. The molecule has 1 aliphatic carbocycles. The van der Waals surface area contributed by atoms with Gasteiger partial charge in [0.25, 0.3) is 0 Å². The first-order valence-corrected chi connectivity index (χ1v) is 7.76. The number of rotatable bonds is 6. The lowest BCUT2D eigenvalue weighted by Crippen LogP contribution is -2.17. The molecule has 22 heavy (non-hydrogen) atoms. The van der Waals surface area contributed by atoms with Crippen molar-refractivity contribution in [3.05, 3.63) is 64.7 Å². The van der Waals surface area contributed by atoms with Crippen molar-refractivity contribution in [2.45, 2.75) is 25.8 Å². The second kappa shape index (κ2) is 6.01. The van der Waals surface area contributed by atoms with E-state index in [4.69, 9.17) is 11.6 Å². The molecule has 2 aromatic carbocycles. The minimum atomic E-state index is -0.693. The largest absolute Gasteiger partial charge is 0.481 e. The zero-order valence-corrected chi connectivity index (χ0v) is 12.9. The highest BCUT2D eigenvalue weighted by atomic mass is 35.5. The van der Waals surface area contributed by atoms with Crippen molar-refractivity contribution >= 4 is 23.3 Å². The SMILES string of the molecule is O=C(O)C1(Cc2ccc(Cl)c(NCc3ccccc3)c2)CC1. The lowest BCUT2D eigenvalue weighted by atomic mass is 9.96. The molecular weight excluding hydrogens is 298 g/mol. The molecule has 0 aliphatic heterocycles. The number of benzene rings is 2. The standard InChI is InChI=1S/C18H18ClNO2/c19-15-7-6-14(11-18(8-9-18)17(21)22)10-16(15)20-12-13-4-2-1-3-5-13/h1-7,10,20H,8-9,11-12H2,(H,21,22). The lowest BCUT2D eigenvalue weighted by molar-refractivity contribution is -0.143. The number of halogens is 1. The number of anilines is 1. The van der Waals surface area contributed by atoms with Gasteiger partial charge in [-0.2, -0.15) is 0 Å². The summed E-state index contributed by atoms with van der Waals surface area (Å²) in [5, 5.41) is 13.3. The molecular formula is C18H18ClNO2. The Kier molecular flexibility index (Phi) is 4.08. The van der Waals surface area contributed by atoms with Gasteiger partial charge in [0.1, 0.15) is 0 Å². The molecule has 2 N–H and O–H groups in total. The van der Waals surface area contributed by atoms with Crippen LogP contribution in [-0.2, 0) is 17.8 Å². The lowest BCUT2D eigenvalue weighted by Gasteiger charge is -2.13. The molecule has 1 aliphatic rings. The second-order valence-corrected chi connectivity index (χ2v) is 6.32. The van der Waals surface area contributed by atoms with Gasteiger partial charge in [-0.3, -0.25) is 4.79 Å². The van der Waals surface area contributed by atoms with Gasteiger partial charge in [-0.25, -0.2) is 0 Å². The summed E-state index contributed by atoms with van der Waals surface area (Å²) in [4.78, 5) is 11.3. The highest BCUT2D eigenvalue weighted by molar-refractivity contribution is 6.33. The summed E-state index contributed by atoms with van der Waals surface area (Å²) in [6, 6.07) is 15.8. The third-order valence-corrected chi connectivity index (χ3v) is 4.54. The van der Waals surface area contributed by atoms with Crippen molar-refractivity contribution in [1.82, 2.24) is 0 Å². The molecule has 0 saturated heterocycles. The Labute approximate surface area is 134 Å². The molecule has 1 fully saturated rings. The van der Waals surface area contributed by atoms with Crippen LogP contribution >= 0.6 is 11.6 Å². The Morgan fingerprint density at radius 2 is 1.86 bits per heavy atom. The van der Waals surface area contributed by atoms with E-state index in [0.717, 1.165) is 24.1 Å². The first kappa shape index (κ1) is 14.9. The van der Waals surface area contributed by atoms with Crippen LogP contribution in [0.1, 0.15) is 24.0 Å². The molecule has 1 saturated carbocycles. The monoisotopic (exact) mass is 315 g/mol. The van der Waals surface area contributed by atoms with Crippen molar-refractivity contribution in [2.75, 3.05) is 5.32 Å². The Balaban J connectivity index is 1.71. The van der Waals surface area contributed by atoms with Gasteiger partial charge < -0.3 is 10.4 Å². The molecule has 0 heterocycles. The van der Waals surface area contributed by atoms with Gasteiger partial charge in [-0.15, -0.1) is 0 Å². The molecule has 0 amide bonds. The van der Waals surface area contributed by atoms with Crippen molar-refractivity contribution < 1.29 is 9.90 Å². The van der Waals surface area contributed by atoms with Crippen molar-refractivity contribution in [3.63, 3.8) is 0 Å². The zero-order chi connectivity index (χ0) is 15.6. The van der Waals surface area contributed by atoms with Gasteiger partial charge in [-0.05, 0) is 42.5 Å². The highest BCUT2D eigenvalue weighted by Crippen LogP contribution is 2.48. The molecule has 0 aromatic heterocycles. The van der Waals surface area contributed by atoms with Crippen LogP contribution in [0, 0.1) is 5.41 Å². The molecule has 0 radical (unpaired) electrons. The first-order chi connectivity index (χ1) is 10.6. The summed E-state index contributed by atoms with van der Waals surface area (Å²) >= 11 is 6.23. The van der Waals surface area contributed by atoms with Crippen molar-refractivity contribution in [1.29, 1.82) is 0 Å². The van der Waals surface area contributed by atoms with Crippen LogP contribution in [-0.4, -0.2) is 11.1 Å². The fourth-order valence-electron chi connectivity index (χ4n) is 2.62. The van der Waals surface area contributed by atoms with Crippen molar-refractivity contribution in [3.8, 4) is 0 Å². The molecule has 114 valence electrons. The number of carboxylic acid groups (broad SMARTS) is 1. The Morgan fingerprint density at radius 1 is 1.14 bits per heavy atom. The first-order valence-electron chi connectivity index (χ1n) is 7.39. The maximum absolute atomic E-state index is 11.3. The van der Waals surface area contributed by atoms with E-state index in [1.165, 1.54) is 5.56 Å². The third-order valence-electron chi connectivity index (χ3n) is 4.21. The van der Waals surface area contributed by atoms with E-state index in [1.807, 2.05) is 48.5 Å². The summed E-state index contributed by atoms with van der Waals surface area (Å²) in [5.74, 6) is -0.693. The highest BCUT2D eigenvalue weighted by Gasteiger charge is 2.49. The fraction of sp³-hybridized carbons (Fsp3) is 0.278. The Morgan fingerprint density at radius 3 is 2.50 bits per heavy atom. The number of hydrogen-bond donors (Lipinski definition) is 2. The Bertz CT molecular complexity index is 681. The quantitative estimate of drug-likeness (QED) is 0.832. The van der Waals surface area contributed by atoms with Crippen molar-refractivity contribution in [2.24, 2.45) is 5.41 Å². The Hall–Kier alpha value is -2.00. The minimum Gasteiger partial charge on any atom is -0.481 e. The van der Waals surface area contributed by atoms with Crippen LogP contribution in [0.4, 0.5) is 5.69 Å². The van der Waals surface area contributed by atoms with Crippen LogP contribution in [0.25, 0.3) is 0 Å². The topological polar surface area (TPSA) is 49.3 Å². The average Bonchev–Trinajstić information content (AvgIpc) is 3.30. The van der Waals surface area contributed by atoms with E-state index >= 15 is 0 Å². The molecule has 0 spiro atoms. The van der Waals surface area contributed by atoms with E-state index in [0.29, 0.717) is 18.0 Å². The number of hydrogen-bond acceptors (Lipinski definition) is 2. The molecule has 3 rings (SSSR count). The van der Waals surface area contributed by atoms with Gasteiger partial charge >= 0.3 is 5.97 Å². The van der Waals surface area contributed by atoms with Gasteiger partial charge in [-0.1, -0.05) is 48.0 Å². The minimum absolute atomic E-state index is 0.551. The summed E-state index contributed by atoms with van der Waals surface area (Å²) in [5.41, 5.74) is 2.49. The van der Waals surface area contributed by atoms with E-state index in [2.05, 4.69) is 5.32 Å². The van der Waals surface area contributed by atoms with Gasteiger partial charge in [0.05, 0.1) is 16.1 Å². The van der Waals surface area contributed by atoms with Crippen LogP contribution < -0.4 is 5.32 Å². The predicted octanol–water partition coefficient (Wildman–Crippen LogP) is 4.36.